The molecule has 1 aliphatic rings. The second-order valence-electron chi connectivity index (χ2n) is 3.45. The predicted octanol–water partition coefficient (Wildman–Crippen LogP) is 1.32. The van der Waals surface area contributed by atoms with Gasteiger partial charge in [-0.1, -0.05) is 0 Å². The molecule has 16 heavy (non-hydrogen) atoms. The third-order valence-electron chi connectivity index (χ3n) is 2.30. The zero-order valence-corrected chi connectivity index (χ0v) is 8.37. The molecule has 0 radical (unpaired) electrons. The summed E-state index contributed by atoms with van der Waals surface area (Å²) in [4.78, 5) is 16.7. The van der Waals surface area contributed by atoms with Gasteiger partial charge in [-0.2, -0.15) is 0 Å². The molecule has 1 aliphatic heterocycles. The number of carbonyl (C=O) groups excluding carboxylic acids is 1. The molecular weight excluding hydrogens is 218 g/mol. The highest BCUT2D eigenvalue weighted by atomic mass is 19.1. The molecule has 86 valence electrons. The highest BCUT2D eigenvalue weighted by molar-refractivity contribution is 5.94. The van der Waals surface area contributed by atoms with E-state index in [4.69, 9.17) is 10.6 Å². The van der Waals surface area contributed by atoms with E-state index in [9.17, 15) is 13.6 Å². The van der Waals surface area contributed by atoms with E-state index in [1.165, 1.54) is 0 Å². The van der Waals surface area contributed by atoms with Crippen LogP contribution in [0.25, 0.3) is 0 Å². The molecule has 0 unspecified atom stereocenters. The number of nitrogens with zero attached hydrogens (tertiary/aromatic N) is 1. The van der Waals surface area contributed by atoms with Gasteiger partial charge < -0.3 is 5.73 Å². The van der Waals surface area contributed by atoms with Crippen LogP contribution in [0.15, 0.2) is 12.1 Å². The Morgan fingerprint density at radius 3 is 2.75 bits per heavy atom. The number of benzene rings is 1. The van der Waals surface area contributed by atoms with Crippen LogP contribution >= 0.6 is 0 Å². The number of hydrogen-bond acceptors (Lipinski definition) is 3. The smallest absolute Gasteiger partial charge is 0.280 e. The van der Waals surface area contributed by atoms with Gasteiger partial charge in [-0.05, 0) is 12.5 Å². The van der Waals surface area contributed by atoms with Crippen molar-refractivity contribution in [3.63, 3.8) is 0 Å². The fourth-order valence-electron chi connectivity index (χ4n) is 1.47. The number of hydrogen-bond donors (Lipinski definition) is 1. The molecule has 1 fully saturated rings. The molecule has 6 heteroatoms. The lowest BCUT2D eigenvalue weighted by Crippen LogP contribution is -2.27. The van der Waals surface area contributed by atoms with E-state index in [1.807, 2.05) is 0 Å². The molecule has 1 heterocycles. The van der Waals surface area contributed by atoms with Gasteiger partial charge in [0.05, 0.1) is 24.4 Å². The normalized spacial score (nSPS) is 15.5. The van der Waals surface area contributed by atoms with Crippen molar-refractivity contribution < 1.29 is 18.4 Å². The maximum atomic E-state index is 13.3. The maximum absolute atomic E-state index is 13.3. The number of anilines is 1. The van der Waals surface area contributed by atoms with Crippen LogP contribution in [0.2, 0.25) is 0 Å². The van der Waals surface area contributed by atoms with Crippen LogP contribution in [-0.4, -0.2) is 24.1 Å². The number of hydroxylamine groups is 2. The highest BCUT2D eigenvalue weighted by Gasteiger charge is 2.24. The third kappa shape index (κ3) is 1.83. The predicted molar refractivity (Wildman–Crippen MR) is 52.4 cm³/mol. The van der Waals surface area contributed by atoms with Gasteiger partial charge in [0, 0.05) is 6.07 Å². The first kappa shape index (κ1) is 10.8. The Morgan fingerprint density at radius 2 is 2.12 bits per heavy atom. The van der Waals surface area contributed by atoms with Gasteiger partial charge in [0.1, 0.15) is 11.6 Å². The van der Waals surface area contributed by atoms with Gasteiger partial charge in [0.25, 0.3) is 5.91 Å². The number of nitrogens with two attached hydrogens (primary N) is 1. The zero-order chi connectivity index (χ0) is 11.7. The van der Waals surface area contributed by atoms with Crippen LogP contribution < -0.4 is 5.73 Å². The lowest BCUT2D eigenvalue weighted by molar-refractivity contribution is -0.0770. The van der Waals surface area contributed by atoms with Gasteiger partial charge in [-0.25, -0.2) is 13.8 Å². The summed E-state index contributed by atoms with van der Waals surface area (Å²) in [7, 11) is 0. The summed E-state index contributed by atoms with van der Waals surface area (Å²) >= 11 is 0. The highest BCUT2D eigenvalue weighted by Crippen LogP contribution is 2.19. The molecule has 0 aromatic heterocycles. The number of halogens is 2. The zero-order valence-electron chi connectivity index (χ0n) is 8.37. The monoisotopic (exact) mass is 228 g/mol. The lowest BCUT2D eigenvalue weighted by Gasteiger charge is -2.14. The molecule has 0 bridgehead atoms. The SMILES string of the molecule is Nc1cc(C(=O)N2CCCO2)c(F)cc1F. The van der Waals surface area contributed by atoms with Crippen LogP contribution in [-0.2, 0) is 4.84 Å². The molecule has 1 saturated heterocycles. The maximum Gasteiger partial charge on any atom is 0.280 e. The summed E-state index contributed by atoms with van der Waals surface area (Å²) in [5, 5.41) is 1.05. The molecule has 4 nitrogen and oxygen atoms in total. The molecule has 0 saturated carbocycles. The van der Waals surface area contributed by atoms with Crippen molar-refractivity contribution in [2.24, 2.45) is 0 Å². The van der Waals surface area contributed by atoms with E-state index in [0.29, 0.717) is 25.6 Å². The van der Waals surface area contributed by atoms with E-state index < -0.39 is 17.5 Å². The second-order valence-corrected chi connectivity index (χ2v) is 3.45. The number of carbonyl (C=O) groups is 1. The summed E-state index contributed by atoms with van der Waals surface area (Å²) in [5.41, 5.74) is 4.74. The minimum absolute atomic E-state index is 0.260. The van der Waals surface area contributed by atoms with Crippen molar-refractivity contribution in [2.75, 3.05) is 18.9 Å². The Morgan fingerprint density at radius 1 is 1.38 bits per heavy atom. The molecular formula is C10H10F2N2O2. The van der Waals surface area contributed by atoms with Crippen LogP contribution in [0.4, 0.5) is 14.5 Å². The number of amides is 1. The van der Waals surface area contributed by atoms with Crippen LogP contribution in [0.5, 0.6) is 0 Å². The minimum atomic E-state index is -0.938. The lowest BCUT2D eigenvalue weighted by atomic mass is 10.1. The van der Waals surface area contributed by atoms with Crippen molar-refractivity contribution in [2.45, 2.75) is 6.42 Å². The first-order chi connectivity index (χ1) is 7.59. The van der Waals surface area contributed by atoms with Crippen LogP contribution in [0.1, 0.15) is 16.8 Å². The molecule has 0 aliphatic carbocycles. The molecule has 1 aromatic rings. The van der Waals surface area contributed by atoms with Gasteiger partial charge in [0.15, 0.2) is 0 Å². The van der Waals surface area contributed by atoms with Crippen molar-refractivity contribution in [3.05, 3.63) is 29.3 Å². The standard InChI is InChI=1S/C10H10F2N2O2/c11-7-5-8(12)9(13)4-6(7)10(15)14-2-1-3-16-14/h4-5H,1-3,13H2. The Balaban J connectivity index is 2.32. The van der Waals surface area contributed by atoms with Gasteiger partial charge in [-0.15, -0.1) is 0 Å². The van der Waals surface area contributed by atoms with Crippen molar-refractivity contribution in [1.82, 2.24) is 5.06 Å². The van der Waals surface area contributed by atoms with E-state index in [2.05, 4.69) is 0 Å². The van der Waals surface area contributed by atoms with Crippen LogP contribution in [0, 0.1) is 11.6 Å². The summed E-state index contributed by atoms with van der Waals surface area (Å²) in [6.07, 6.45) is 0.698. The molecule has 0 spiro atoms. The van der Waals surface area contributed by atoms with Gasteiger partial charge >= 0.3 is 0 Å². The summed E-state index contributed by atoms with van der Waals surface area (Å²) in [6, 6.07) is 1.58. The average molecular weight is 228 g/mol. The number of rotatable bonds is 1. The quantitative estimate of drug-likeness (QED) is 0.737. The number of nitrogen functional groups attached to an aromatic ring is 1. The molecule has 0 atom stereocenters. The Kier molecular flexibility index (Phi) is 2.74. The Labute approximate surface area is 90.5 Å². The van der Waals surface area contributed by atoms with Crippen molar-refractivity contribution in [1.29, 1.82) is 0 Å². The van der Waals surface area contributed by atoms with E-state index in [-0.39, 0.29) is 11.3 Å². The van der Waals surface area contributed by atoms with Crippen molar-refractivity contribution >= 4 is 11.6 Å². The fourth-order valence-corrected chi connectivity index (χ4v) is 1.47. The topological polar surface area (TPSA) is 55.6 Å². The molecule has 2 rings (SSSR count). The third-order valence-corrected chi connectivity index (χ3v) is 2.30. The summed E-state index contributed by atoms with van der Waals surface area (Å²) < 4.78 is 26.2. The second kappa shape index (κ2) is 4.05. The van der Waals surface area contributed by atoms with E-state index in [0.717, 1.165) is 11.1 Å². The Hall–Kier alpha value is -1.69. The Bertz CT molecular complexity index is 431. The van der Waals surface area contributed by atoms with Crippen molar-refractivity contribution in [3.8, 4) is 0 Å². The van der Waals surface area contributed by atoms with Gasteiger partial charge in [0.2, 0.25) is 0 Å². The molecule has 1 aromatic carbocycles. The first-order valence-electron chi connectivity index (χ1n) is 4.79. The largest absolute Gasteiger partial charge is 0.396 e. The summed E-state index contributed by atoms with van der Waals surface area (Å²) in [6.45, 7) is 0.819. The van der Waals surface area contributed by atoms with Crippen LogP contribution in [0.3, 0.4) is 0 Å². The van der Waals surface area contributed by atoms with E-state index in [1.54, 1.807) is 0 Å². The van der Waals surface area contributed by atoms with E-state index >= 15 is 0 Å². The molecule has 2 N–H and O–H groups in total. The first-order valence-corrected chi connectivity index (χ1v) is 4.79. The summed E-state index contributed by atoms with van der Waals surface area (Å²) in [5.74, 6) is -2.45. The minimum Gasteiger partial charge on any atom is -0.396 e. The average Bonchev–Trinajstić information content (AvgIpc) is 2.75. The fraction of sp³-hybridized carbons (Fsp3) is 0.300. The van der Waals surface area contributed by atoms with Gasteiger partial charge in [-0.3, -0.25) is 9.63 Å². The molecule has 1 amide bonds.